The average molecular weight is 1450 g/mol. The molecule has 504 valence electrons. The number of nitrogens with one attached hydrogen (secondary N) is 1. The van der Waals surface area contributed by atoms with Gasteiger partial charge in [-0.3, -0.25) is 29.1 Å². The Morgan fingerprint density at radius 1 is 0.327 bits per heavy atom. The van der Waals surface area contributed by atoms with Crippen LogP contribution in [-0.2, 0) is 0 Å². The standard InChI is InChI=1S/C44H26N6.C24H14BrN3.C20H13N3.C4H9O.Na/c1-4-10-32-27(7-1)14-19-38-43(32)34-17-13-30(37-26-45-21-22-46-37)23-40(34)49(38)31-16-18-35-41(25-31)50(42-24-29-9-3-6-12-36(29)47-48-42)39-20-15-28-8-2-5-11-33(28)44(35)39;25-17-10-11-19-22(14-17)28(23-13-16-6-2-4-8-20(16)26-27-23)21-12-9-15-5-1-3-7-18(15)24(19)21;1-2-4-15-13(3-1)6-8-17-20(15)16-7-5-14(11-18(16)23-17)19-12-21-9-10-22-19;1-4(2,3)5;/h1-26H;1-14H;1-12,23H;1-3H3;/q;;;-1;+1. The molecule has 0 aliphatic heterocycles. The van der Waals surface area contributed by atoms with E-state index < -0.39 is 5.60 Å². The molecule has 0 aliphatic rings. The molecule has 0 unspecified atom stereocenters. The molecule has 107 heavy (non-hydrogen) atoms. The van der Waals surface area contributed by atoms with Crippen molar-refractivity contribution in [3.63, 3.8) is 0 Å². The van der Waals surface area contributed by atoms with Crippen molar-refractivity contribution in [1.82, 2.24) is 59.0 Å². The van der Waals surface area contributed by atoms with Gasteiger partial charge in [-0.1, -0.05) is 231 Å². The summed E-state index contributed by atoms with van der Waals surface area (Å²) in [5, 5.41) is 50.4. The van der Waals surface area contributed by atoms with Crippen molar-refractivity contribution in [2.75, 3.05) is 0 Å². The van der Waals surface area contributed by atoms with Crippen LogP contribution in [0, 0.1) is 0 Å². The SMILES string of the molecule is Brc1ccc2c3c4ccccc4ccc3n(-c3cc4ccccc4nn3)c2c1.CC(C)(C)[O-].[Na+].c1ccc2c(c1)ccc1[nH]c3cc(-c4cnccn4)ccc3c12.c1ccc2nnc(-n3c4cc(-n5c6cc(-c7cnccn7)ccc6c6c7ccccc7ccc65)ccc4c4c5ccccc5ccc43)cc2c1. The van der Waals surface area contributed by atoms with Crippen molar-refractivity contribution in [3.05, 3.63) is 321 Å². The van der Waals surface area contributed by atoms with Gasteiger partial charge in [-0.25, -0.2) is 0 Å². The molecule has 0 saturated heterocycles. The van der Waals surface area contributed by atoms with E-state index in [9.17, 15) is 5.11 Å². The summed E-state index contributed by atoms with van der Waals surface area (Å²) in [6, 6.07) is 98.7. The van der Waals surface area contributed by atoms with Crippen molar-refractivity contribution in [3.8, 4) is 39.8 Å². The average Bonchev–Trinajstić information content (AvgIpc) is 1.49. The minimum Gasteiger partial charge on any atom is -0.850 e. The van der Waals surface area contributed by atoms with Gasteiger partial charge in [0.2, 0.25) is 0 Å². The van der Waals surface area contributed by atoms with E-state index in [0.717, 1.165) is 110 Å². The maximum absolute atomic E-state index is 10.1. The Kier molecular flexibility index (Phi) is 17.0. The molecule has 0 saturated carbocycles. The van der Waals surface area contributed by atoms with Crippen LogP contribution in [-0.4, -0.2) is 64.6 Å². The van der Waals surface area contributed by atoms with Gasteiger partial charge in [0.05, 0.1) is 67.9 Å². The van der Waals surface area contributed by atoms with Crippen molar-refractivity contribution >= 4 is 168 Å². The maximum atomic E-state index is 10.1. The topological polar surface area (TPSA) is 157 Å². The third kappa shape index (κ3) is 12.0. The Morgan fingerprint density at radius 2 is 0.729 bits per heavy atom. The Balaban J connectivity index is 0.000000119. The zero-order chi connectivity index (χ0) is 71.2. The molecule has 0 spiro atoms. The third-order valence-corrected chi connectivity index (χ3v) is 20.3. The van der Waals surface area contributed by atoms with E-state index in [4.69, 9.17) is 5.10 Å². The number of halogens is 1. The van der Waals surface area contributed by atoms with Crippen LogP contribution in [0.5, 0.6) is 0 Å². The molecule has 0 fully saturated rings. The molecule has 8 aromatic heterocycles. The van der Waals surface area contributed by atoms with Gasteiger partial charge in [0, 0.05) is 111 Å². The Bertz CT molecular complexity index is 7240. The molecule has 0 radical (unpaired) electrons. The first-order valence-electron chi connectivity index (χ1n) is 35.2. The maximum Gasteiger partial charge on any atom is 1.00 e. The summed E-state index contributed by atoms with van der Waals surface area (Å²) >= 11 is 3.64. The first-order chi connectivity index (χ1) is 52.0. The molecule has 22 rings (SSSR count). The van der Waals surface area contributed by atoms with Crippen LogP contribution in [0.2, 0.25) is 0 Å². The fourth-order valence-corrected chi connectivity index (χ4v) is 15.6. The quantitative estimate of drug-likeness (QED) is 0.166. The van der Waals surface area contributed by atoms with Gasteiger partial charge in [0.1, 0.15) is 0 Å². The predicted molar refractivity (Wildman–Crippen MR) is 437 cm³/mol. The number of hydrogen-bond acceptors (Lipinski definition) is 9. The second-order valence-electron chi connectivity index (χ2n) is 27.6. The summed E-state index contributed by atoms with van der Waals surface area (Å²) in [6.45, 7) is 4.90. The summed E-state index contributed by atoms with van der Waals surface area (Å²) in [5.41, 5.74) is 14.9. The third-order valence-electron chi connectivity index (χ3n) is 19.8. The van der Waals surface area contributed by atoms with E-state index in [0.29, 0.717) is 0 Å². The smallest absolute Gasteiger partial charge is 0.850 e. The summed E-state index contributed by atoms with van der Waals surface area (Å²) in [7, 11) is 0. The number of hydrogen-bond donors (Lipinski definition) is 1. The molecular formula is C92H62BrN12NaO. The van der Waals surface area contributed by atoms with E-state index in [1.807, 2.05) is 42.6 Å². The molecule has 13 nitrogen and oxygen atoms in total. The molecular weight excluding hydrogens is 1390 g/mol. The Hall–Kier alpha value is -12.4. The van der Waals surface area contributed by atoms with Gasteiger partial charge in [0.15, 0.2) is 11.6 Å². The second kappa shape index (κ2) is 27.3. The van der Waals surface area contributed by atoms with E-state index in [2.05, 4.69) is 313 Å². The van der Waals surface area contributed by atoms with Gasteiger partial charge >= 0.3 is 29.6 Å². The summed E-state index contributed by atoms with van der Waals surface area (Å²) in [4.78, 5) is 21.1. The number of nitrogens with zero attached hydrogens (tertiary/aromatic N) is 11. The van der Waals surface area contributed by atoms with Crippen molar-refractivity contribution in [2.24, 2.45) is 0 Å². The van der Waals surface area contributed by atoms with E-state index >= 15 is 0 Å². The first-order valence-corrected chi connectivity index (χ1v) is 35.9. The summed E-state index contributed by atoms with van der Waals surface area (Å²) < 4.78 is 7.92. The second-order valence-corrected chi connectivity index (χ2v) is 28.5. The normalized spacial score (nSPS) is 11.7. The van der Waals surface area contributed by atoms with Gasteiger partial charge in [0.25, 0.3) is 0 Å². The summed E-state index contributed by atoms with van der Waals surface area (Å²) in [5.74, 6) is 1.61. The number of aromatic amines is 1. The Labute approximate surface area is 643 Å². The zero-order valence-electron chi connectivity index (χ0n) is 58.7. The van der Waals surface area contributed by atoms with Crippen LogP contribution >= 0.6 is 15.9 Å². The van der Waals surface area contributed by atoms with Crippen LogP contribution in [0.15, 0.2) is 321 Å². The predicted octanol–water partition coefficient (Wildman–Crippen LogP) is 19.3. The number of aromatic nitrogens is 12. The van der Waals surface area contributed by atoms with Crippen LogP contribution in [0.25, 0.3) is 192 Å². The zero-order valence-corrected chi connectivity index (χ0v) is 62.3. The largest absolute Gasteiger partial charge is 1.00 e. The fourth-order valence-electron chi connectivity index (χ4n) is 15.3. The van der Waals surface area contributed by atoms with Crippen LogP contribution in [0.1, 0.15) is 20.8 Å². The van der Waals surface area contributed by atoms with Gasteiger partial charge in [-0.2, -0.15) is 0 Å². The molecule has 22 aromatic rings. The van der Waals surface area contributed by atoms with E-state index in [-0.39, 0.29) is 29.6 Å². The molecule has 8 heterocycles. The van der Waals surface area contributed by atoms with Crippen LogP contribution in [0.4, 0.5) is 0 Å². The van der Waals surface area contributed by atoms with Crippen molar-refractivity contribution in [2.45, 2.75) is 26.4 Å². The molecule has 15 heteroatoms. The molecule has 0 amide bonds. The minimum atomic E-state index is -0.750. The summed E-state index contributed by atoms with van der Waals surface area (Å²) in [6.07, 6.45) is 10.5. The molecule has 0 aliphatic carbocycles. The van der Waals surface area contributed by atoms with Gasteiger partial charge in [-0.15, -0.1) is 26.0 Å². The first kappa shape index (κ1) is 66.5. The monoisotopic (exact) mass is 1450 g/mol. The van der Waals surface area contributed by atoms with Crippen LogP contribution in [0.3, 0.4) is 0 Å². The number of benzene rings is 14. The van der Waals surface area contributed by atoms with Crippen LogP contribution < -0.4 is 34.7 Å². The Morgan fingerprint density at radius 3 is 1.22 bits per heavy atom. The number of rotatable bonds is 5. The van der Waals surface area contributed by atoms with Crippen molar-refractivity contribution < 1.29 is 34.7 Å². The minimum absolute atomic E-state index is 0. The number of fused-ring (bicyclic) bond motifs is 22. The fraction of sp³-hybridized carbons (Fsp3) is 0.0435. The van der Waals surface area contributed by atoms with E-state index in [1.165, 1.54) is 86.2 Å². The molecule has 1 N–H and O–H groups in total. The molecule has 14 aromatic carbocycles. The number of H-pyrrole nitrogens is 1. The van der Waals surface area contributed by atoms with E-state index in [1.54, 1.807) is 51.8 Å². The molecule has 0 atom stereocenters. The van der Waals surface area contributed by atoms with Gasteiger partial charge in [-0.05, 0) is 128 Å². The molecule has 0 bridgehead atoms. The van der Waals surface area contributed by atoms with Gasteiger partial charge < -0.3 is 14.7 Å². The van der Waals surface area contributed by atoms with Crippen molar-refractivity contribution in [1.29, 1.82) is 0 Å².